The van der Waals surface area contributed by atoms with E-state index >= 15 is 0 Å². The molecule has 0 aliphatic rings. The first-order chi connectivity index (χ1) is 27.8. The van der Waals surface area contributed by atoms with E-state index in [-0.39, 0.29) is 0 Å². The second-order valence-electron chi connectivity index (χ2n) is 14.0. The Balaban J connectivity index is 1.15. The molecule has 8 aromatic carbocycles. The SMILES string of the molecule is c1ccc(-c2ccc(-c3nc(-c4ccccc4)nc(-n4c5ccccc5c5ccc6c7cccc(-c8cccc(-c9ccccc9)c8)c7oc6c54)n3)cc2)cc1. The molecular formula is C51H32N4O. The summed E-state index contributed by atoms with van der Waals surface area (Å²) in [5, 5.41) is 4.25. The van der Waals surface area contributed by atoms with Gasteiger partial charge >= 0.3 is 0 Å². The molecule has 0 N–H and O–H groups in total. The highest BCUT2D eigenvalue weighted by Gasteiger charge is 2.23. The fourth-order valence-electron chi connectivity index (χ4n) is 7.99. The number of rotatable bonds is 6. The van der Waals surface area contributed by atoms with Crippen LogP contribution < -0.4 is 0 Å². The van der Waals surface area contributed by atoms with Gasteiger partial charge in [-0.15, -0.1) is 0 Å². The van der Waals surface area contributed by atoms with Gasteiger partial charge in [0.1, 0.15) is 11.1 Å². The van der Waals surface area contributed by atoms with E-state index in [9.17, 15) is 0 Å². The van der Waals surface area contributed by atoms with Gasteiger partial charge in [0.2, 0.25) is 5.95 Å². The molecule has 0 saturated carbocycles. The monoisotopic (exact) mass is 716 g/mol. The van der Waals surface area contributed by atoms with Crippen molar-refractivity contribution >= 4 is 43.7 Å². The number of nitrogens with zero attached hydrogens (tertiary/aromatic N) is 4. The zero-order chi connectivity index (χ0) is 37.0. The quantitative estimate of drug-likeness (QED) is 0.172. The Kier molecular flexibility index (Phi) is 7.42. The van der Waals surface area contributed by atoms with Gasteiger partial charge in [-0.3, -0.25) is 4.57 Å². The highest BCUT2D eigenvalue weighted by atomic mass is 16.3. The molecule has 0 aliphatic heterocycles. The van der Waals surface area contributed by atoms with Crippen LogP contribution in [0.15, 0.2) is 199 Å². The predicted molar refractivity (Wildman–Crippen MR) is 229 cm³/mol. The van der Waals surface area contributed by atoms with E-state index in [1.54, 1.807) is 0 Å². The van der Waals surface area contributed by atoms with Crippen molar-refractivity contribution in [2.75, 3.05) is 0 Å². The smallest absolute Gasteiger partial charge is 0.238 e. The van der Waals surface area contributed by atoms with Crippen LogP contribution in [0.5, 0.6) is 0 Å². The summed E-state index contributed by atoms with van der Waals surface area (Å²) < 4.78 is 9.24. The second kappa shape index (κ2) is 13.0. The van der Waals surface area contributed by atoms with Crippen LogP contribution in [0.4, 0.5) is 0 Å². The van der Waals surface area contributed by atoms with E-state index in [0.717, 1.165) is 82.7 Å². The van der Waals surface area contributed by atoms with Crippen LogP contribution in [0.1, 0.15) is 0 Å². The Hall–Kier alpha value is -7.63. The van der Waals surface area contributed by atoms with Crippen molar-refractivity contribution in [1.29, 1.82) is 0 Å². The molecule has 0 bridgehead atoms. The van der Waals surface area contributed by atoms with Crippen LogP contribution in [0.25, 0.3) is 106 Å². The lowest BCUT2D eigenvalue weighted by Gasteiger charge is -2.11. The molecule has 5 nitrogen and oxygen atoms in total. The van der Waals surface area contributed by atoms with Crippen molar-refractivity contribution in [1.82, 2.24) is 19.5 Å². The van der Waals surface area contributed by atoms with Crippen molar-refractivity contribution in [2.45, 2.75) is 0 Å². The normalized spacial score (nSPS) is 11.6. The molecule has 5 heteroatoms. The molecule has 0 radical (unpaired) electrons. The van der Waals surface area contributed by atoms with E-state index < -0.39 is 0 Å². The third-order valence-electron chi connectivity index (χ3n) is 10.7. The lowest BCUT2D eigenvalue weighted by Crippen LogP contribution is -2.06. The zero-order valence-electron chi connectivity index (χ0n) is 30.2. The van der Waals surface area contributed by atoms with Gasteiger partial charge in [0.15, 0.2) is 17.2 Å². The van der Waals surface area contributed by atoms with Crippen LogP contribution in [0.3, 0.4) is 0 Å². The third kappa shape index (κ3) is 5.29. The van der Waals surface area contributed by atoms with E-state index in [2.05, 4.69) is 156 Å². The van der Waals surface area contributed by atoms with Crippen LogP contribution >= 0.6 is 0 Å². The van der Waals surface area contributed by atoms with Crippen molar-refractivity contribution in [3.05, 3.63) is 194 Å². The molecule has 3 aromatic heterocycles. The van der Waals surface area contributed by atoms with Crippen molar-refractivity contribution < 1.29 is 4.42 Å². The first kappa shape index (κ1) is 31.9. The fourth-order valence-corrected chi connectivity index (χ4v) is 7.99. The second-order valence-corrected chi connectivity index (χ2v) is 14.0. The number of furan rings is 1. The van der Waals surface area contributed by atoms with Gasteiger partial charge in [-0.05, 0) is 46.0 Å². The molecular weight excluding hydrogens is 685 g/mol. The lowest BCUT2D eigenvalue weighted by molar-refractivity contribution is 0.672. The molecule has 262 valence electrons. The zero-order valence-corrected chi connectivity index (χ0v) is 30.2. The molecule has 0 fully saturated rings. The summed E-state index contributed by atoms with van der Waals surface area (Å²) in [7, 11) is 0. The van der Waals surface area contributed by atoms with Gasteiger partial charge in [0, 0.05) is 38.2 Å². The predicted octanol–water partition coefficient (Wildman–Crippen LogP) is 13.2. The Morgan fingerprint density at radius 3 is 1.57 bits per heavy atom. The van der Waals surface area contributed by atoms with Crippen molar-refractivity contribution in [3.8, 4) is 62.1 Å². The molecule has 0 aliphatic carbocycles. The number of fused-ring (bicyclic) bond motifs is 7. The van der Waals surface area contributed by atoms with Gasteiger partial charge in [-0.2, -0.15) is 9.97 Å². The number of hydrogen-bond acceptors (Lipinski definition) is 4. The summed E-state index contributed by atoms with van der Waals surface area (Å²) in [5.41, 5.74) is 12.1. The van der Waals surface area contributed by atoms with Crippen LogP contribution in [-0.4, -0.2) is 19.5 Å². The van der Waals surface area contributed by atoms with Gasteiger partial charge in [0.25, 0.3) is 0 Å². The maximum Gasteiger partial charge on any atom is 0.238 e. The maximum absolute atomic E-state index is 7.08. The van der Waals surface area contributed by atoms with E-state index in [1.165, 1.54) is 5.56 Å². The van der Waals surface area contributed by atoms with Gasteiger partial charge in [-0.1, -0.05) is 176 Å². The van der Waals surface area contributed by atoms with Crippen LogP contribution in [0.2, 0.25) is 0 Å². The summed E-state index contributed by atoms with van der Waals surface area (Å²) in [5.74, 6) is 1.72. The summed E-state index contributed by atoms with van der Waals surface area (Å²) >= 11 is 0. The molecule has 3 heterocycles. The molecule has 0 atom stereocenters. The number of benzene rings is 8. The minimum absolute atomic E-state index is 0.524. The molecule has 0 saturated heterocycles. The summed E-state index contributed by atoms with van der Waals surface area (Å²) in [6.07, 6.45) is 0. The Bertz CT molecular complexity index is 3220. The van der Waals surface area contributed by atoms with Gasteiger partial charge < -0.3 is 4.42 Å². The average Bonchev–Trinajstić information content (AvgIpc) is 3.84. The van der Waals surface area contributed by atoms with E-state index in [1.807, 2.05) is 42.5 Å². The minimum Gasteiger partial charge on any atom is -0.453 e. The molecule has 0 unspecified atom stereocenters. The summed E-state index contributed by atoms with van der Waals surface area (Å²) in [6.45, 7) is 0. The lowest BCUT2D eigenvalue weighted by atomic mass is 9.97. The number of hydrogen-bond donors (Lipinski definition) is 0. The Morgan fingerprint density at radius 1 is 0.339 bits per heavy atom. The molecule has 0 spiro atoms. The first-order valence-corrected chi connectivity index (χ1v) is 18.8. The minimum atomic E-state index is 0.524. The number of aromatic nitrogens is 4. The fraction of sp³-hybridized carbons (Fsp3) is 0. The van der Waals surface area contributed by atoms with E-state index in [4.69, 9.17) is 19.4 Å². The molecule has 11 aromatic rings. The maximum atomic E-state index is 7.08. The molecule has 56 heavy (non-hydrogen) atoms. The first-order valence-electron chi connectivity index (χ1n) is 18.8. The van der Waals surface area contributed by atoms with Crippen LogP contribution in [0, 0.1) is 0 Å². The highest BCUT2D eigenvalue weighted by molar-refractivity contribution is 6.22. The van der Waals surface area contributed by atoms with Crippen LogP contribution in [-0.2, 0) is 0 Å². The summed E-state index contributed by atoms with van der Waals surface area (Å²) in [4.78, 5) is 15.5. The largest absolute Gasteiger partial charge is 0.453 e. The molecule has 11 rings (SSSR count). The average molecular weight is 717 g/mol. The topological polar surface area (TPSA) is 56.7 Å². The Morgan fingerprint density at radius 2 is 0.839 bits per heavy atom. The molecule has 0 amide bonds. The number of para-hydroxylation sites is 2. The van der Waals surface area contributed by atoms with E-state index in [0.29, 0.717) is 17.6 Å². The Labute approximate surface area is 322 Å². The third-order valence-corrected chi connectivity index (χ3v) is 10.7. The van der Waals surface area contributed by atoms with Crippen molar-refractivity contribution in [3.63, 3.8) is 0 Å². The summed E-state index contributed by atoms with van der Waals surface area (Å²) in [6, 6.07) is 67.3. The highest BCUT2D eigenvalue weighted by Crippen LogP contribution is 2.43. The standard InChI is InChI=1S/C51H32N4O/c1-4-14-33(15-5-1)35-26-28-37(29-27-35)50-52-49(36-18-8-3-9-19-36)53-51(54-50)55-45-25-11-10-22-41(45)42-30-31-44-43-24-13-23-40(47(43)56-48(44)46(42)55)39-21-12-20-38(32-39)34-16-6-2-7-17-34/h1-32H. The van der Waals surface area contributed by atoms with Crippen molar-refractivity contribution in [2.24, 2.45) is 0 Å². The van der Waals surface area contributed by atoms with Gasteiger partial charge in [0.05, 0.1) is 5.52 Å². The van der Waals surface area contributed by atoms with Gasteiger partial charge in [-0.25, -0.2) is 4.98 Å².